The first-order chi connectivity index (χ1) is 9.15. The maximum Gasteiger partial charge on any atom is 0.278 e. The summed E-state index contributed by atoms with van der Waals surface area (Å²) in [5.74, 6) is 0.311. The second-order valence-electron chi connectivity index (χ2n) is 4.60. The molecule has 0 spiro atoms. The zero-order valence-electron chi connectivity index (χ0n) is 10.7. The summed E-state index contributed by atoms with van der Waals surface area (Å²) in [5.41, 5.74) is 5.41. The lowest BCUT2D eigenvalue weighted by atomic mass is 10.1. The monoisotopic (exact) mass is 266 g/mol. The Bertz CT molecular complexity index is 447. The Hall–Kier alpha value is -1.89. The van der Waals surface area contributed by atoms with Gasteiger partial charge in [0.1, 0.15) is 12.4 Å². The van der Waals surface area contributed by atoms with Gasteiger partial charge in [-0.05, 0) is 25.9 Å². The summed E-state index contributed by atoms with van der Waals surface area (Å²) in [6, 6.07) is 2.52. The van der Waals surface area contributed by atoms with Crippen molar-refractivity contribution < 1.29 is 9.66 Å². The highest BCUT2D eigenvalue weighted by molar-refractivity contribution is 5.45. The van der Waals surface area contributed by atoms with Crippen LogP contribution in [0.3, 0.4) is 0 Å². The van der Waals surface area contributed by atoms with E-state index < -0.39 is 4.92 Å². The molecule has 1 saturated heterocycles. The molecule has 104 valence electrons. The zero-order chi connectivity index (χ0) is 13.7. The maximum atomic E-state index is 10.7. The highest BCUT2D eigenvalue weighted by Crippen LogP contribution is 2.20. The van der Waals surface area contributed by atoms with E-state index in [0.717, 1.165) is 19.6 Å². The molecule has 7 heteroatoms. The van der Waals surface area contributed by atoms with Crippen LogP contribution in [0.4, 0.5) is 11.5 Å². The number of hydrogen-bond acceptors (Lipinski definition) is 6. The number of nitro groups is 1. The van der Waals surface area contributed by atoms with Gasteiger partial charge < -0.3 is 10.5 Å². The lowest BCUT2D eigenvalue weighted by Crippen LogP contribution is -2.33. The topological polar surface area (TPSA) is 94.5 Å². The van der Waals surface area contributed by atoms with Crippen molar-refractivity contribution in [1.29, 1.82) is 0 Å². The third-order valence-corrected chi connectivity index (χ3v) is 3.12. The first-order valence-corrected chi connectivity index (χ1v) is 6.42. The molecule has 1 aliphatic rings. The van der Waals surface area contributed by atoms with Crippen molar-refractivity contribution in [2.75, 3.05) is 32.0 Å². The summed E-state index contributed by atoms with van der Waals surface area (Å²) < 4.78 is 5.44. The van der Waals surface area contributed by atoms with Gasteiger partial charge >= 0.3 is 0 Å². The van der Waals surface area contributed by atoms with E-state index in [4.69, 9.17) is 10.5 Å². The fourth-order valence-corrected chi connectivity index (χ4v) is 2.15. The van der Waals surface area contributed by atoms with Gasteiger partial charge in [0, 0.05) is 6.54 Å². The number of ether oxygens (including phenoxy) is 1. The molecule has 0 amide bonds. The molecule has 2 heterocycles. The number of nitrogens with zero attached hydrogens (tertiary/aromatic N) is 3. The molecule has 1 aromatic rings. The SMILES string of the molecule is Nc1cc([N+](=O)[O-])cc(OCCN2CCCCC2)n1. The molecule has 0 aromatic carbocycles. The van der Waals surface area contributed by atoms with Crippen LogP contribution in [0.15, 0.2) is 12.1 Å². The average Bonchev–Trinajstić information content (AvgIpc) is 2.39. The molecule has 0 unspecified atom stereocenters. The van der Waals surface area contributed by atoms with Crippen molar-refractivity contribution in [1.82, 2.24) is 9.88 Å². The Morgan fingerprint density at radius 3 is 2.79 bits per heavy atom. The molecular formula is C12H18N4O3. The molecule has 0 atom stereocenters. The second kappa shape index (κ2) is 6.33. The number of hydrogen-bond donors (Lipinski definition) is 1. The van der Waals surface area contributed by atoms with Gasteiger partial charge in [-0.2, -0.15) is 4.98 Å². The standard InChI is InChI=1S/C12H18N4O3/c13-11-8-10(16(17)18)9-12(14-11)19-7-6-15-4-2-1-3-5-15/h8-9H,1-7H2,(H2,13,14). The van der Waals surface area contributed by atoms with Gasteiger partial charge in [-0.15, -0.1) is 0 Å². The van der Waals surface area contributed by atoms with Crippen LogP contribution in [0.5, 0.6) is 5.88 Å². The molecule has 7 nitrogen and oxygen atoms in total. The predicted octanol–water partition coefficient (Wildman–Crippen LogP) is 1.44. The van der Waals surface area contributed by atoms with Crippen molar-refractivity contribution in [3.05, 3.63) is 22.2 Å². The van der Waals surface area contributed by atoms with Gasteiger partial charge in [-0.25, -0.2) is 0 Å². The fraction of sp³-hybridized carbons (Fsp3) is 0.583. The quantitative estimate of drug-likeness (QED) is 0.640. The van der Waals surface area contributed by atoms with E-state index in [2.05, 4.69) is 9.88 Å². The van der Waals surface area contributed by atoms with Crippen molar-refractivity contribution in [3.63, 3.8) is 0 Å². The number of likely N-dealkylation sites (tertiary alicyclic amines) is 1. The van der Waals surface area contributed by atoms with E-state index in [1.165, 1.54) is 31.4 Å². The molecule has 0 saturated carbocycles. The van der Waals surface area contributed by atoms with Crippen molar-refractivity contribution in [2.45, 2.75) is 19.3 Å². The lowest BCUT2D eigenvalue weighted by molar-refractivity contribution is -0.384. The molecule has 1 aliphatic heterocycles. The van der Waals surface area contributed by atoms with Gasteiger partial charge in [-0.1, -0.05) is 6.42 Å². The smallest absolute Gasteiger partial charge is 0.278 e. The average molecular weight is 266 g/mol. The number of nitrogens with two attached hydrogens (primary N) is 1. The molecule has 1 fully saturated rings. The van der Waals surface area contributed by atoms with Crippen molar-refractivity contribution >= 4 is 11.5 Å². The van der Waals surface area contributed by atoms with Crippen LogP contribution < -0.4 is 10.5 Å². The molecule has 19 heavy (non-hydrogen) atoms. The van der Waals surface area contributed by atoms with Gasteiger partial charge in [0.05, 0.1) is 17.1 Å². The summed E-state index contributed by atoms with van der Waals surface area (Å²) in [6.07, 6.45) is 3.74. The van der Waals surface area contributed by atoms with Gasteiger partial charge in [-0.3, -0.25) is 15.0 Å². The van der Waals surface area contributed by atoms with E-state index >= 15 is 0 Å². The number of nitrogen functional groups attached to an aromatic ring is 1. The minimum absolute atomic E-state index is 0.0968. The number of anilines is 1. The number of rotatable bonds is 5. The molecule has 1 aromatic heterocycles. The first-order valence-electron chi connectivity index (χ1n) is 6.42. The Morgan fingerprint density at radius 1 is 1.37 bits per heavy atom. The number of aromatic nitrogens is 1. The van der Waals surface area contributed by atoms with E-state index in [1.54, 1.807) is 0 Å². The van der Waals surface area contributed by atoms with Gasteiger partial charge in [0.25, 0.3) is 5.69 Å². The number of piperidine rings is 1. The van der Waals surface area contributed by atoms with E-state index in [9.17, 15) is 10.1 Å². The summed E-state index contributed by atoms with van der Waals surface area (Å²) in [5, 5.41) is 10.7. The highest BCUT2D eigenvalue weighted by atomic mass is 16.6. The third-order valence-electron chi connectivity index (χ3n) is 3.12. The molecule has 2 rings (SSSR count). The van der Waals surface area contributed by atoms with E-state index in [-0.39, 0.29) is 17.4 Å². The van der Waals surface area contributed by atoms with Crippen LogP contribution in [0, 0.1) is 10.1 Å². The Balaban J connectivity index is 1.86. The van der Waals surface area contributed by atoms with Crippen LogP contribution >= 0.6 is 0 Å². The molecular weight excluding hydrogens is 248 g/mol. The second-order valence-corrected chi connectivity index (χ2v) is 4.60. The minimum atomic E-state index is -0.504. The summed E-state index contributed by atoms with van der Waals surface area (Å²) >= 11 is 0. The normalized spacial score (nSPS) is 16.2. The molecule has 0 bridgehead atoms. The van der Waals surface area contributed by atoms with Crippen LogP contribution in [-0.4, -0.2) is 41.0 Å². The van der Waals surface area contributed by atoms with Crippen LogP contribution in [0.2, 0.25) is 0 Å². The van der Waals surface area contributed by atoms with Crippen molar-refractivity contribution in [3.8, 4) is 5.88 Å². The molecule has 2 N–H and O–H groups in total. The Kier molecular flexibility index (Phi) is 4.51. The minimum Gasteiger partial charge on any atom is -0.476 e. The Labute approximate surface area is 111 Å². The van der Waals surface area contributed by atoms with E-state index in [0.29, 0.717) is 6.61 Å². The van der Waals surface area contributed by atoms with Crippen LogP contribution in [0.1, 0.15) is 19.3 Å². The fourth-order valence-electron chi connectivity index (χ4n) is 2.15. The summed E-state index contributed by atoms with van der Waals surface area (Å²) in [7, 11) is 0. The predicted molar refractivity (Wildman–Crippen MR) is 71.1 cm³/mol. The van der Waals surface area contributed by atoms with Gasteiger partial charge in [0.2, 0.25) is 5.88 Å². The first kappa shape index (κ1) is 13.5. The van der Waals surface area contributed by atoms with Crippen LogP contribution in [-0.2, 0) is 0 Å². The van der Waals surface area contributed by atoms with Crippen LogP contribution in [0.25, 0.3) is 0 Å². The largest absolute Gasteiger partial charge is 0.476 e. The highest BCUT2D eigenvalue weighted by Gasteiger charge is 2.12. The number of pyridine rings is 1. The molecule has 0 aliphatic carbocycles. The zero-order valence-corrected chi connectivity index (χ0v) is 10.7. The van der Waals surface area contributed by atoms with E-state index in [1.807, 2.05) is 0 Å². The summed E-state index contributed by atoms with van der Waals surface area (Å²) in [4.78, 5) is 16.4. The van der Waals surface area contributed by atoms with Crippen molar-refractivity contribution in [2.24, 2.45) is 0 Å². The Morgan fingerprint density at radius 2 is 2.11 bits per heavy atom. The summed E-state index contributed by atoms with van der Waals surface area (Å²) in [6.45, 7) is 3.46. The van der Waals surface area contributed by atoms with Gasteiger partial charge in [0.15, 0.2) is 0 Å². The molecule has 0 radical (unpaired) electrons. The third kappa shape index (κ3) is 4.06. The lowest BCUT2D eigenvalue weighted by Gasteiger charge is -2.25. The maximum absolute atomic E-state index is 10.7.